The molecule has 1 amide bonds. The summed E-state index contributed by atoms with van der Waals surface area (Å²) in [4.78, 5) is 22.9. The average molecular weight is 520 g/mol. The molecule has 2 N–H and O–H groups in total. The van der Waals surface area contributed by atoms with E-state index in [1.807, 2.05) is 12.1 Å². The summed E-state index contributed by atoms with van der Waals surface area (Å²) in [7, 11) is -4.93. The topological polar surface area (TPSA) is 150 Å². The fourth-order valence-corrected chi connectivity index (χ4v) is 5.71. The fraction of sp³-hybridized carbons (Fsp3) is 0.619. The van der Waals surface area contributed by atoms with E-state index in [2.05, 4.69) is 5.32 Å². The molecule has 192 valence electrons. The third-order valence-electron chi connectivity index (χ3n) is 5.79. The molecule has 0 aliphatic carbocycles. The van der Waals surface area contributed by atoms with Gasteiger partial charge in [-0.3, -0.25) is 9.59 Å². The molecule has 2 fully saturated rings. The van der Waals surface area contributed by atoms with E-state index in [1.165, 1.54) is 22.0 Å². The summed E-state index contributed by atoms with van der Waals surface area (Å²) < 4.78 is 53.1. The first-order valence-electron chi connectivity index (χ1n) is 10.9. The van der Waals surface area contributed by atoms with Gasteiger partial charge >= 0.3 is 5.97 Å². The molecule has 0 spiro atoms. The zero-order valence-electron chi connectivity index (χ0n) is 19.6. The molecule has 2 aliphatic rings. The second-order valence-corrected chi connectivity index (χ2v) is 12.4. The number of aliphatic carboxylic acids is 1. The summed E-state index contributed by atoms with van der Waals surface area (Å²) >= 11 is 0. The van der Waals surface area contributed by atoms with Crippen LogP contribution in [0.3, 0.4) is 0 Å². The van der Waals surface area contributed by atoms with Crippen molar-refractivity contribution in [1.82, 2.24) is 8.61 Å². The summed E-state index contributed by atoms with van der Waals surface area (Å²) in [5.74, 6) is -1.37. The Morgan fingerprint density at radius 3 is 1.94 bits per heavy atom. The first kappa shape index (κ1) is 28.0. The number of carbonyl (C=O) groups excluding carboxylic acids is 1. The first-order chi connectivity index (χ1) is 15.8. The molecule has 0 saturated carbocycles. The van der Waals surface area contributed by atoms with Gasteiger partial charge in [-0.1, -0.05) is 12.1 Å². The highest BCUT2D eigenvalue weighted by molar-refractivity contribution is 7.88. The number of hydrogen-bond acceptors (Lipinski definition) is 7. The molecule has 0 aromatic heterocycles. The van der Waals surface area contributed by atoms with Crippen LogP contribution in [0.1, 0.15) is 25.7 Å². The minimum Gasteiger partial charge on any atom is -0.495 e. The number of nitrogens with zero attached hydrogens (tertiary/aromatic N) is 2. The normalized spacial score (nSPS) is 22.2. The van der Waals surface area contributed by atoms with E-state index in [1.54, 1.807) is 12.1 Å². The molecule has 13 heteroatoms. The Bertz CT molecular complexity index is 1080. The second-order valence-electron chi connectivity index (χ2n) is 8.45. The van der Waals surface area contributed by atoms with Crippen LogP contribution in [0.15, 0.2) is 24.3 Å². The van der Waals surface area contributed by atoms with Gasteiger partial charge in [0.05, 0.1) is 37.1 Å². The van der Waals surface area contributed by atoms with Crippen LogP contribution in [0, 0.1) is 11.8 Å². The molecule has 1 aromatic rings. The highest BCUT2D eigenvalue weighted by atomic mass is 32.2. The van der Waals surface area contributed by atoms with Gasteiger partial charge in [-0.15, -0.1) is 0 Å². The maximum atomic E-state index is 12.3. The van der Waals surface area contributed by atoms with E-state index < -0.39 is 31.9 Å². The lowest BCUT2D eigenvalue weighted by Crippen LogP contribution is -2.43. The van der Waals surface area contributed by atoms with Crippen LogP contribution in [0.2, 0.25) is 0 Å². The number of hydrogen-bond donors (Lipinski definition) is 2. The lowest BCUT2D eigenvalue weighted by molar-refractivity contribution is -0.142. The summed E-state index contributed by atoms with van der Waals surface area (Å²) in [5, 5.41) is 11.5. The van der Waals surface area contributed by atoms with Crippen molar-refractivity contribution in [3.05, 3.63) is 24.3 Å². The Kier molecular flexibility index (Phi) is 9.85. The van der Waals surface area contributed by atoms with Crippen molar-refractivity contribution >= 4 is 37.6 Å². The van der Waals surface area contributed by atoms with Crippen LogP contribution in [0.5, 0.6) is 5.75 Å². The van der Waals surface area contributed by atoms with Gasteiger partial charge in [0.2, 0.25) is 26.0 Å². The summed E-state index contributed by atoms with van der Waals surface area (Å²) in [6.45, 7) is 1.29. The van der Waals surface area contributed by atoms with E-state index in [0.717, 1.165) is 6.26 Å². The van der Waals surface area contributed by atoms with Crippen molar-refractivity contribution < 1.29 is 36.3 Å². The van der Waals surface area contributed by atoms with Crippen molar-refractivity contribution in [2.45, 2.75) is 25.7 Å². The van der Waals surface area contributed by atoms with Gasteiger partial charge in [0, 0.05) is 26.2 Å². The SMILES string of the molecule is COc1ccccc1NC(=O)[C@H]1CCCN(S(C)(=O)=O)C1.CS(=O)(=O)N1CCC[C@H](C(=O)O)C1. The zero-order valence-corrected chi connectivity index (χ0v) is 21.3. The third kappa shape index (κ3) is 8.22. The van der Waals surface area contributed by atoms with Crippen LogP contribution < -0.4 is 10.1 Å². The number of ether oxygens (including phenoxy) is 1. The highest BCUT2D eigenvalue weighted by Gasteiger charge is 2.31. The Hall–Kier alpha value is -2.22. The maximum Gasteiger partial charge on any atom is 0.307 e. The molecule has 1 aromatic carbocycles. The van der Waals surface area contributed by atoms with Crippen molar-refractivity contribution in [2.75, 3.05) is 51.1 Å². The Morgan fingerprint density at radius 2 is 1.44 bits per heavy atom. The van der Waals surface area contributed by atoms with Crippen molar-refractivity contribution in [2.24, 2.45) is 11.8 Å². The number of methoxy groups -OCH3 is 1. The van der Waals surface area contributed by atoms with E-state index in [4.69, 9.17) is 9.84 Å². The number of sulfonamides is 2. The molecule has 3 rings (SSSR count). The van der Waals surface area contributed by atoms with Gasteiger partial charge < -0.3 is 15.2 Å². The second kappa shape index (κ2) is 12.0. The Balaban J connectivity index is 0.000000270. The van der Waals surface area contributed by atoms with E-state index >= 15 is 0 Å². The minimum atomic E-state index is -3.25. The van der Waals surface area contributed by atoms with Crippen LogP contribution in [-0.2, 0) is 29.6 Å². The molecule has 2 atom stereocenters. The van der Waals surface area contributed by atoms with E-state index in [9.17, 15) is 26.4 Å². The Labute approximate surface area is 201 Å². The first-order valence-corrected chi connectivity index (χ1v) is 14.6. The lowest BCUT2D eigenvalue weighted by atomic mass is 9.98. The van der Waals surface area contributed by atoms with E-state index in [-0.39, 0.29) is 24.9 Å². The molecule has 2 heterocycles. The van der Waals surface area contributed by atoms with E-state index in [0.29, 0.717) is 50.2 Å². The summed E-state index contributed by atoms with van der Waals surface area (Å²) in [5.41, 5.74) is 0.599. The van der Waals surface area contributed by atoms with Gasteiger partial charge in [-0.25, -0.2) is 25.4 Å². The number of piperidine rings is 2. The van der Waals surface area contributed by atoms with Gasteiger partial charge in [0.25, 0.3) is 0 Å². The van der Waals surface area contributed by atoms with Crippen molar-refractivity contribution in [3.63, 3.8) is 0 Å². The lowest BCUT2D eigenvalue weighted by Gasteiger charge is -2.30. The number of carbonyl (C=O) groups is 2. The highest BCUT2D eigenvalue weighted by Crippen LogP contribution is 2.26. The molecule has 11 nitrogen and oxygen atoms in total. The monoisotopic (exact) mass is 519 g/mol. The number of anilines is 1. The van der Waals surface area contributed by atoms with Crippen molar-refractivity contribution in [1.29, 1.82) is 0 Å². The van der Waals surface area contributed by atoms with Crippen LogP contribution >= 0.6 is 0 Å². The fourth-order valence-electron chi connectivity index (χ4n) is 3.89. The summed E-state index contributed by atoms with van der Waals surface area (Å²) in [6, 6.07) is 7.15. The minimum absolute atomic E-state index is 0.119. The molecule has 0 bridgehead atoms. The standard InChI is InChI=1S/C14H20N2O4S.C7H13NO4S/c1-20-13-8-4-3-7-12(13)15-14(17)11-6-5-9-16(10-11)21(2,18)19;1-13(11,12)8-4-2-3-6(5-8)7(9)10/h3-4,7-8,11H,5-6,9-10H2,1-2H3,(H,15,17);6H,2-5H2,1H3,(H,9,10)/t11-;6-/m00/s1. The maximum absolute atomic E-state index is 12.3. The van der Waals surface area contributed by atoms with Crippen LogP contribution in [-0.4, -0.2) is 88.2 Å². The molecular weight excluding hydrogens is 486 g/mol. The zero-order chi connectivity index (χ0) is 25.5. The number of rotatable bonds is 6. The smallest absolute Gasteiger partial charge is 0.307 e. The number of amides is 1. The van der Waals surface area contributed by atoms with Crippen LogP contribution in [0.25, 0.3) is 0 Å². The molecule has 0 unspecified atom stereocenters. The number of carboxylic acid groups (broad SMARTS) is 1. The molecular formula is C21H33N3O8S2. The number of nitrogens with one attached hydrogen (secondary N) is 1. The predicted octanol–water partition coefficient (Wildman–Crippen LogP) is 1.05. The number of benzene rings is 1. The largest absolute Gasteiger partial charge is 0.495 e. The molecule has 34 heavy (non-hydrogen) atoms. The molecule has 2 saturated heterocycles. The number of carboxylic acids is 1. The van der Waals surface area contributed by atoms with Gasteiger partial charge in [0.1, 0.15) is 5.75 Å². The quantitative estimate of drug-likeness (QED) is 0.566. The van der Waals surface area contributed by atoms with Gasteiger partial charge in [-0.05, 0) is 37.8 Å². The van der Waals surface area contributed by atoms with Gasteiger partial charge in [-0.2, -0.15) is 0 Å². The van der Waals surface area contributed by atoms with Gasteiger partial charge in [0.15, 0.2) is 0 Å². The average Bonchev–Trinajstić information content (AvgIpc) is 2.79. The van der Waals surface area contributed by atoms with Crippen LogP contribution in [0.4, 0.5) is 5.69 Å². The third-order valence-corrected chi connectivity index (χ3v) is 8.33. The van der Waals surface area contributed by atoms with Crippen molar-refractivity contribution in [3.8, 4) is 5.75 Å². The molecule has 2 aliphatic heterocycles. The number of para-hydroxylation sites is 2. The summed E-state index contributed by atoms with van der Waals surface area (Å²) in [6.07, 6.45) is 4.86. The molecule has 0 radical (unpaired) electrons. The predicted molar refractivity (Wildman–Crippen MR) is 128 cm³/mol. The Morgan fingerprint density at radius 1 is 0.941 bits per heavy atom.